The maximum absolute atomic E-state index is 6.36. The fraction of sp³-hybridized carbons (Fsp3) is 0.235. The smallest absolute Gasteiger partial charge is 0.0649 e. The van der Waals surface area contributed by atoms with E-state index in [1.807, 2.05) is 46.5 Å². The van der Waals surface area contributed by atoms with E-state index < -0.39 is 0 Å². The summed E-state index contributed by atoms with van der Waals surface area (Å²) < 4.78 is 1.94. The minimum absolute atomic E-state index is 0.0210. The van der Waals surface area contributed by atoms with Crippen molar-refractivity contribution >= 4 is 11.3 Å². The lowest BCUT2D eigenvalue weighted by Crippen LogP contribution is -2.15. The monoisotopic (exact) mass is 297 g/mol. The van der Waals surface area contributed by atoms with Gasteiger partial charge >= 0.3 is 0 Å². The summed E-state index contributed by atoms with van der Waals surface area (Å²) >= 11 is 1.81. The zero-order chi connectivity index (χ0) is 14.5. The Bertz CT molecular complexity index is 658. The first-order chi connectivity index (χ1) is 10.3. The van der Waals surface area contributed by atoms with Crippen molar-refractivity contribution in [1.29, 1.82) is 0 Å². The number of benzene rings is 1. The maximum Gasteiger partial charge on any atom is 0.0649 e. The number of para-hydroxylation sites is 1. The minimum atomic E-state index is 0.0210. The number of rotatable bonds is 6. The highest BCUT2D eigenvalue weighted by Crippen LogP contribution is 2.21. The van der Waals surface area contributed by atoms with E-state index in [-0.39, 0.29) is 6.04 Å². The largest absolute Gasteiger partial charge is 0.323 e. The third-order valence-electron chi connectivity index (χ3n) is 3.57. The first-order valence-electron chi connectivity index (χ1n) is 7.22. The molecule has 1 atom stereocenters. The second-order valence-corrected chi connectivity index (χ2v) is 6.11. The van der Waals surface area contributed by atoms with Gasteiger partial charge in [-0.2, -0.15) is 5.10 Å². The summed E-state index contributed by atoms with van der Waals surface area (Å²) in [7, 11) is 0. The van der Waals surface area contributed by atoms with Crippen LogP contribution in [0.4, 0.5) is 0 Å². The highest BCUT2D eigenvalue weighted by atomic mass is 32.1. The number of thiophene rings is 1. The van der Waals surface area contributed by atoms with Crippen molar-refractivity contribution in [3.63, 3.8) is 0 Å². The van der Waals surface area contributed by atoms with Crippen LogP contribution in [0.15, 0.2) is 60.1 Å². The van der Waals surface area contributed by atoms with Crippen molar-refractivity contribution < 1.29 is 0 Å². The van der Waals surface area contributed by atoms with Gasteiger partial charge in [0, 0.05) is 17.1 Å². The van der Waals surface area contributed by atoms with Crippen LogP contribution in [0.3, 0.4) is 0 Å². The topological polar surface area (TPSA) is 43.8 Å². The fourth-order valence-electron chi connectivity index (χ4n) is 2.48. The van der Waals surface area contributed by atoms with E-state index >= 15 is 0 Å². The molecule has 2 N–H and O–H groups in total. The van der Waals surface area contributed by atoms with Gasteiger partial charge in [-0.15, -0.1) is 11.3 Å². The Morgan fingerprint density at radius 2 is 1.95 bits per heavy atom. The molecule has 0 spiro atoms. The van der Waals surface area contributed by atoms with Crippen LogP contribution in [0.25, 0.3) is 5.69 Å². The molecule has 2 aromatic heterocycles. The molecule has 108 valence electrons. The van der Waals surface area contributed by atoms with Gasteiger partial charge in [0.1, 0.15) is 0 Å². The third-order valence-corrected chi connectivity index (χ3v) is 4.51. The van der Waals surface area contributed by atoms with E-state index in [2.05, 4.69) is 34.7 Å². The maximum atomic E-state index is 6.36. The molecule has 0 amide bonds. The molecule has 0 radical (unpaired) electrons. The lowest BCUT2D eigenvalue weighted by atomic mass is 10.1. The van der Waals surface area contributed by atoms with E-state index in [9.17, 15) is 0 Å². The number of hydrogen-bond donors (Lipinski definition) is 1. The molecule has 3 rings (SSSR count). The molecule has 0 saturated heterocycles. The van der Waals surface area contributed by atoms with Gasteiger partial charge in [-0.05, 0) is 48.9 Å². The van der Waals surface area contributed by atoms with Gasteiger partial charge in [0.2, 0.25) is 0 Å². The summed E-state index contributed by atoms with van der Waals surface area (Å²) in [5, 5.41) is 6.53. The highest BCUT2D eigenvalue weighted by molar-refractivity contribution is 7.09. The summed E-state index contributed by atoms with van der Waals surface area (Å²) in [5.41, 5.74) is 8.50. The van der Waals surface area contributed by atoms with Crippen LogP contribution in [-0.4, -0.2) is 9.78 Å². The third kappa shape index (κ3) is 3.40. The molecule has 0 aliphatic heterocycles. The Labute approximate surface area is 129 Å². The molecule has 2 heterocycles. The lowest BCUT2D eigenvalue weighted by molar-refractivity contribution is 0.580. The Hall–Kier alpha value is -1.91. The van der Waals surface area contributed by atoms with E-state index in [1.165, 1.54) is 4.88 Å². The Balaban J connectivity index is 1.65. The van der Waals surface area contributed by atoms with Gasteiger partial charge in [-0.3, -0.25) is 0 Å². The Morgan fingerprint density at radius 3 is 2.71 bits per heavy atom. The van der Waals surface area contributed by atoms with E-state index in [4.69, 9.17) is 5.73 Å². The van der Waals surface area contributed by atoms with E-state index in [0.29, 0.717) is 0 Å². The molecule has 21 heavy (non-hydrogen) atoms. The normalized spacial score (nSPS) is 12.4. The molecule has 0 aliphatic carbocycles. The summed E-state index contributed by atoms with van der Waals surface area (Å²) in [5.74, 6) is 0. The second-order valence-electron chi connectivity index (χ2n) is 5.08. The van der Waals surface area contributed by atoms with E-state index in [1.54, 1.807) is 0 Å². The fourth-order valence-corrected chi connectivity index (χ4v) is 3.23. The predicted molar refractivity (Wildman–Crippen MR) is 87.7 cm³/mol. The van der Waals surface area contributed by atoms with E-state index in [0.717, 1.165) is 30.6 Å². The first-order valence-corrected chi connectivity index (χ1v) is 8.10. The van der Waals surface area contributed by atoms with Gasteiger partial charge in [0.05, 0.1) is 11.4 Å². The summed E-state index contributed by atoms with van der Waals surface area (Å²) in [6.07, 6.45) is 4.99. The Morgan fingerprint density at radius 1 is 1.10 bits per heavy atom. The quantitative estimate of drug-likeness (QED) is 0.748. The van der Waals surface area contributed by atoms with Crippen molar-refractivity contribution in [3.8, 4) is 5.69 Å². The van der Waals surface area contributed by atoms with Crippen molar-refractivity contribution in [2.75, 3.05) is 0 Å². The molecular formula is C17H19N3S. The van der Waals surface area contributed by atoms with Crippen molar-refractivity contribution in [2.45, 2.75) is 25.3 Å². The summed E-state index contributed by atoms with van der Waals surface area (Å²) in [6, 6.07) is 16.5. The van der Waals surface area contributed by atoms with Crippen molar-refractivity contribution in [3.05, 3.63) is 70.7 Å². The van der Waals surface area contributed by atoms with Crippen LogP contribution < -0.4 is 5.73 Å². The summed E-state index contributed by atoms with van der Waals surface area (Å²) in [6.45, 7) is 0. The zero-order valence-corrected chi connectivity index (χ0v) is 12.7. The predicted octanol–water partition coefficient (Wildman–Crippen LogP) is 3.96. The van der Waals surface area contributed by atoms with Gasteiger partial charge in [-0.25, -0.2) is 4.68 Å². The van der Waals surface area contributed by atoms with Crippen LogP contribution in [0, 0.1) is 0 Å². The number of aromatic nitrogens is 2. The molecule has 1 unspecified atom stereocenters. The average Bonchev–Trinajstić information content (AvgIpc) is 3.19. The lowest BCUT2D eigenvalue weighted by Gasteiger charge is -2.14. The van der Waals surface area contributed by atoms with Crippen LogP contribution in [0.1, 0.15) is 29.5 Å². The van der Waals surface area contributed by atoms with Crippen LogP contribution in [-0.2, 0) is 6.42 Å². The van der Waals surface area contributed by atoms with Crippen LogP contribution in [0.5, 0.6) is 0 Å². The van der Waals surface area contributed by atoms with Gasteiger partial charge < -0.3 is 5.73 Å². The molecule has 0 saturated carbocycles. The SMILES string of the molecule is NC(CCCc1cccs1)c1ccnn1-c1ccccc1. The van der Waals surface area contributed by atoms with Gasteiger partial charge in [-0.1, -0.05) is 24.3 Å². The minimum Gasteiger partial charge on any atom is -0.323 e. The number of nitrogens with zero attached hydrogens (tertiary/aromatic N) is 2. The molecule has 3 nitrogen and oxygen atoms in total. The molecule has 0 aliphatic rings. The number of nitrogens with two attached hydrogens (primary N) is 1. The number of aryl methyl sites for hydroxylation is 1. The summed E-state index contributed by atoms with van der Waals surface area (Å²) in [4.78, 5) is 1.43. The molecular weight excluding hydrogens is 278 g/mol. The Kier molecular flexibility index (Phi) is 4.48. The average molecular weight is 297 g/mol. The first kappa shape index (κ1) is 14.0. The second kappa shape index (κ2) is 6.70. The van der Waals surface area contributed by atoms with Crippen molar-refractivity contribution in [1.82, 2.24) is 9.78 Å². The van der Waals surface area contributed by atoms with Crippen LogP contribution >= 0.6 is 11.3 Å². The standard InChI is InChI=1S/C17H19N3S/c18-16(10-4-8-15-9-5-13-21-15)17-11-12-19-20(17)14-6-2-1-3-7-14/h1-3,5-7,9,11-13,16H,4,8,10,18H2. The van der Waals surface area contributed by atoms with Crippen LogP contribution in [0.2, 0.25) is 0 Å². The molecule has 3 aromatic rings. The molecule has 4 heteroatoms. The van der Waals surface area contributed by atoms with Gasteiger partial charge in [0.15, 0.2) is 0 Å². The molecule has 0 bridgehead atoms. The van der Waals surface area contributed by atoms with Gasteiger partial charge in [0.25, 0.3) is 0 Å². The molecule has 1 aromatic carbocycles. The highest BCUT2D eigenvalue weighted by Gasteiger charge is 2.12. The number of hydrogen-bond acceptors (Lipinski definition) is 3. The zero-order valence-electron chi connectivity index (χ0n) is 11.9. The molecule has 0 fully saturated rings. The van der Waals surface area contributed by atoms with Crippen molar-refractivity contribution in [2.24, 2.45) is 5.73 Å².